The minimum atomic E-state index is -0.839. The van der Waals surface area contributed by atoms with E-state index in [2.05, 4.69) is 48.2 Å². The molecule has 11 heteroatoms. The van der Waals surface area contributed by atoms with Gasteiger partial charge in [-0.15, -0.1) is 0 Å². The normalized spacial score (nSPS) is 12.3. The Labute approximate surface area is 294 Å². The molecule has 0 N–H and O–H groups in total. The van der Waals surface area contributed by atoms with Crippen molar-refractivity contribution < 1.29 is 33.3 Å². The highest BCUT2D eigenvalue weighted by molar-refractivity contribution is 5.87. The average molecular weight is 681 g/mol. The number of benzene rings is 1. The number of epoxide rings is 1. The van der Waals surface area contributed by atoms with Crippen molar-refractivity contribution in [3.05, 3.63) is 79.4 Å². The van der Waals surface area contributed by atoms with E-state index in [1.165, 1.54) is 11.6 Å². The molecule has 0 radical (unpaired) electrons. The first-order valence-electron chi connectivity index (χ1n) is 16.0. The first-order valence-corrected chi connectivity index (χ1v) is 16.0. The number of nitriles is 2. The molecule has 1 heterocycles. The lowest BCUT2D eigenvalue weighted by molar-refractivity contribution is -0.140. The summed E-state index contributed by atoms with van der Waals surface area (Å²) in [4.78, 5) is 31.7. The number of hydrogen-bond acceptors (Lipinski definition) is 11. The Morgan fingerprint density at radius 3 is 1.61 bits per heavy atom. The third-order valence-electron chi connectivity index (χ3n) is 5.27. The van der Waals surface area contributed by atoms with E-state index in [0.717, 1.165) is 25.7 Å². The molecular formula is C38H56N4O7. The third kappa shape index (κ3) is 34.3. The summed E-state index contributed by atoms with van der Waals surface area (Å²) in [5.41, 5.74) is 0.395. The summed E-state index contributed by atoms with van der Waals surface area (Å²) in [6, 6.07) is 14.0. The molecule has 0 aliphatic carbocycles. The number of ether oxygens (including phenoxy) is 4. The zero-order chi connectivity index (χ0) is 38.3. The Morgan fingerprint density at radius 2 is 1.29 bits per heavy atom. The Hall–Kier alpha value is -4.87. The van der Waals surface area contributed by atoms with Crippen LogP contribution in [0.15, 0.2) is 84.1 Å². The van der Waals surface area contributed by atoms with Gasteiger partial charge >= 0.3 is 17.9 Å². The zero-order valence-corrected chi connectivity index (χ0v) is 30.8. The van der Waals surface area contributed by atoms with E-state index < -0.39 is 11.1 Å². The highest BCUT2D eigenvalue weighted by Crippen LogP contribution is 2.13. The molecule has 1 aliphatic rings. The molecule has 0 aromatic heterocycles. The van der Waals surface area contributed by atoms with Gasteiger partial charge in [-0.1, -0.05) is 89.4 Å². The van der Waals surface area contributed by atoms with Crippen molar-refractivity contribution in [1.29, 1.82) is 10.5 Å². The number of hydrogen-bond donors (Lipinski definition) is 0. The number of carbonyl (C=O) groups is 3. The van der Waals surface area contributed by atoms with Crippen LogP contribution < -0.4 is 0 Å². The molecule has 1 aromatic rings. The van der Waals surface area contributed by atoms with Crippen LogP contribution in [-0.4, -0.2) is 61.5 Å². The van der Waals surface area contributed by atoms with Crippen LogP contribution in [0.25, 0.3) is 6.08 Å². The molecule has 1 saturated heterocycles. The molecule has 49 heavy (non-hydrogen) atoms. The van der Waals surface area contributed by atoms with Crippen molar-refractivity contribution in [1.82, 2.24) is 0 Å². The number of esters is 3. The second-order valence-electron chi connectivity index (χ2n) is 11.5. The van der Waals surface area contributed by atoms with Crippen LogP contribution >= 0.6 is 0 Å². The molecule has 0 saturated carbocycles. The predicted octanol–water partition coefficient (Wildman–Crippen LogP) is 8.30. The Bertz CT molecular complexity index is 1240. The fourth-order valence-electron chi connectivity index (χ4n) is 2.15. The third-order valence-corrected chi connectivity index (χ3v) is 5.27. The van der Waals surface area contributed by atoms with Crippen LogP contribution in [0.5, 0.6) is 0 Å². The minimum absolute atomic E-state index is 0.142. The summed E-state index contributed by atoms with van der Waals surface area (Å²) in [7, 11) is 0. The van der Waals surface area contributed by atoms with Crippen LogP contribution in [-0.2, 0) is 33.3 Å². The standard InChI is InChI=1S/C8H12N4.C8H14O2.C8H8.C7H10O3.C7H12O2/c1-7(2,5-9)11-12-8(3,4)6-10;1-4-5-6-10-8(9)7(2)3;1-2-8-6-4-3-5-7-8;1-5(2)7(8)10-4-6-3-9-6;1-3-5-6-9-7(8)4-2/h1-4H3;2,4-6H2,1,3H3;2-7H,1H2;6H,1,3-4H2,2H3;4H,2-3,5-6H2,1H3. The highest BCUT2D eigenvalue weighted by Gasteiger charge is 2.24. The maximum absolute atomic E-state index is 10.7. The molecule has 2 rings (SSSR count). The van der Waals surface area contributed by atoms with E-state index in [1.807, 2.05) is 55.5 Å². The fourth-order valence-corrected chi connectivity index (χ4v) is 2.15. The Balaban J connectivity index is -0.000000543. The van der Waals surface area contributed by atoms with Crippen LogP contribution in [0.4, 0.5) is 0 Å². The van der Waals surface area contributed by atoms with Crippen LogP contribution in [0, 0.1) is 22.7 Å². The van der Waals surface area contributed by atoms with Gasteiger partial charge < -0.3 is 18.9 Å². The largest absolute Gasteiger partial charge is 0.463 e. The summed E-state index contributed by atoms with van der Waals surface area (Å²) in [5, 5.41) is 24.7. The average Bonchev–Trinajstić information content (AvgIpc) is 3.92. The van der Waals surface area contributed by atoms with Gasteiger partial charge in [0.15, 0.2) is 11.1 Å². The Kier molecular flexibility index (Phi) is 29.0. The molecule has 0 bridgehead atoms. The molecule has 0 amide bonds. The van der Waals surface area contributed by atoms with Crippen molar-refractivity contribution >= 4 is 24.0 Å². The van der Waals surface area contributed by atoms with E-state index >= 15 is 0 Å². The quantitative estimate of drug-likeness (QED) is 0.0469. The van der Waals surface area contributed by atoms with Crippen LogP contribution in [0.2, 0.25) is 0 Å². The summed E-state index contributed by atoms with van der Waals surface area (Å²) in [6.45, 7) is 29.8. The van der Waals surface area contributed by atoms with Crippen LogP contribution in [0.3, 0.4) is 0 Å². The summed E-state index contributed by atoms with van der Waals surface area (Å²) in [6.07, 6.45) is 7.10. The molecule has 1 atom stereocenters. The van der Waals surface area contributed by atoms with Gasteiger partial charge in [0.1, 0.15) is 12.7 Å². The number of carbonyl (C=O) groups excluding carboxylic acids is 3. The second kappa shape index (κ2) is 29.3. The number of unbranched alkanes of at least 4 members (excludes halogenated alkanes) is 2. The van der Waals surface area contributed by atoms with Gasteiger partial charge in [0.2, 0.25) is 0 Å². The molecule has 11 nitrogen and oxygen atoms in total. The van der Waals surface area contributed by atoms with Gasteiger partial charge in [-0.25, -0.2) is 14.4 Å². The number of rotatable bonds is 14. The van der Waals surface area contributed by atoms with Crippen molar-refractivity contribution in [2.75, 3.05) is 26.4 Å². The molecule has 1 fully saturated rings. The van der Waals surface area contributed by atoms with Gasteiger partial charge in [0.05, 0.1) is 32.0 Å². The highest BCUT2D eigenvalue weighted by atomic mass is 16.6. The smallest absolute Gasteiger partial charge is 0.333 e. The van der Waals surface area contributed by atoms with Crippen molar-refractivity contribution in [3.63, 3.8) is 0 Å². The lowest BCUT2D eigenvalue weighted by Gasteiger charge is -2.11. The molecular weight excluding hydrogens is 624 g/mol. The van der Waals surface area contributed by atoms with Crippen molar-refractivity contribution in [2.45, 2.75) is 98.3 Å². The lowest BCUT2D eigenvalue weighted by atomic mass is 10.1. The molecule has 1 unspecified atom stereocenters. The molecule has 0 spiro atoms. The van der Waals surface area contributed by atoms with E-state index in [0.29, 0.717) is 37.6 Å². The van der Waals surface area contributed by atoms with Crippen molar-refractivity contribution in [3.8, 4) is 12.1 Å². The van der Waals surface area contributed by atoms with E-state index in [-0.39, 0.29) is 24.0 Å². The maximum atomic E-state index is 10.7. The maximum Gasteiger partial charge on any atom is 0.333 e. The fraction of sp³-hybridized carbons (Fsp3) is 0.500. The monoisotopic (exact) mass is 680 g/mol. The minimum Gasteiger partial charge on any atom is -0.463 e. The van der Waals surface area contributed by atoms with Crippen LogP contribution in [0.1, 0.15) is 86.6 Å². The second-order valence-corrected chi connectivity index (χ2v) is 11.5. The van der Waals surface area contributed by atoms with Crippen molar-refractivity contribution in [2.24, 2.45) is 10.2 Å². The summed E-state index contributed by atoms with van der Waals surface area (Å²) < 4.78 is 19.1. The molecule has 270 valence electrons. The lowest BCUT2D eigenvalue weighted by Crippen LogP contribution is -2.17. The molecule has 1 aliphatic heterocycles. The molecule has 1 aromatic carbocycles. The van der Waals surface area contributed by atoms with Gasteiger partial charge in [-0.3, -0.25) is 0 Å². The first kappa shape index (κ1) is 48.5. The van der Waals surface area contributed by atoms with E-state index in [9.17, 15) is 14.4 Å². The Morgan fingerprint density at radius 1 is 0.857 bits per heavy atom. The number of nitrogens with zero attached hydrogens (tertiary/aromatic N) is 4. The van der Waals surface area contributed by atoms with E-state index in [1.54, 1.807) is 41.5 Å². The van der Waals surface area contributed by atoms with E-state index in [4.69, 9.17) is 24.7 Å². The SMILES string of the molecule is C=C(C)C(=O)OCC1CO1.C=C(C)C(=O)OCCCC.C=CC(=O)OCCCC.C=Cc1ccccc1.CC(C)(C#N)N=NC(C)(C)C#N. The summed E-state index contributed by atoms with van der Waals surface area (Å²) in [5.74, 6) is -0.951. The predicted molar refractivity (Wildman–Crippen MR) is 193 cm³/mol. The van der Waals surface area contributed by atoms with Gasteiger partial charge in [-0.2, -0.15) is 20.8 Å². The summed E-state index contributed by atoms with van der Waals surface area (Å²) >= 11 is 0. The van der Waals surface area contributed by atoms with Gasteiger partial charge in [0, 0.05) is 17.2 Å². The topological polar surface area (TPSA) is 164 Å². The van der Waals surface area contributed by atoms with Gasteiger partial charge in [0.25, 0.3) is 0 Å². The van der Waals surface area contributed by atoms with Gasteiger partial charge in [-0.05, 0) is 59.9 Å². The number of azo groups is 1. The zero-order valence-electron chi connectivity index (χ0n) is 30.8. The first-order chi connectivity index (χ1) is 22.9.